The van der Waals surface area contributed by atoms with E-state index in [-0.39, 0.29) is 42.4 Å². The van der Waals surface area contributed by atoms with Crippen molar-refractivity contribution in [3.05, 3.63) is 83.9 Å². The van der Waals surface area contributed by atoms with Crippen molar-refractivity contribution >= 4 is 17.5 Å². The molecule has 3 atom stereocenters. The van der Waals surface area contributed by atoms with Gasteiger partial charge in [0, 0.05) is 31.5 Å². The SMILES string of the molecule is C[C@H](CO)N1C[C@H](C)[C@@H](CN(C)Cc2ccc(-c3ccccc3)cc2)Oc2c(NC(=O)C3CCCCC3)cccc2C1=O. The van der Waals surface area contributed by atoms with Gasteiger partial charge in [-0.15, -0.1) is 0 Å². The van der Waals surface area contributed by atoms with Crippen LogP contribution in [0.4, 0.5) is 5.69 Å². The van der Waals surface area contributed by atoms with Crippen molar-refractivity contribution in [1.29, 1.82) is 0 Å². The maximum atomic E-state index is 13.8. The van der Waals surface area contributed by atoms with Gasteiger partial charge in [0.2, 0.25) is 5.91 Å². The van der Waals surface area contributed by atoms with Gasteiger partial charge < -0.3 is 20.1 Å². The highest BCUT2D eigenvalue weighted by Crippen LogP contribution is 2.36. The molecule has 5 rings (SSSR count). The molecule has 0 aromatic heterocycles. The van der Waals surface area contributed by atoms with Gasteiger partial charge in [-0.2, -0.15) is 0 Å². The van der Waals surface area contributed by atoms with E-state index in [0.29, 0.717) is 30.1 Å². The molecular weight excluding hydrogens is 538 g/mol. The molecule has 1 fully saturated rings. The Morgan fingerprint density at radius 3 is 2.40 bits per heavy atom. The zero-order valence-corrected chi connectivity index (χ0v) is 25.7. The summed E-state index contributed by atoms with van der Waals surface area (Å²) >= 11 is 0. The summed E-state index contributed by atoms with van der Waals surface area (Å²) < 4.78 is 6.72. The normalized spacial score (nSPS) is 20.1. The molecule has 1 heterocycles. The summed E-state index contributed by atoms with van der Waals surface area (Å²) in [6.07, 6.45) is 4.83. The van der Waals surface area contributed by atoms with E-state index in [4.69, 9.17) is 4.74 Å². The van der Waals surface area contributed by atoms with Gasteiger partial charge in [-0.05, 0) is 55.6 Å². The second-order valence-corrected chi connectivity index (χ2v) is 12.4. The first-order valence-electron chi connectivity index (χ1n) is 15.7. The largest absolute Gasteiger partial charge is 0.486 e. The molecule has 1 aliphatic heterocycles. The second kappa shape index (κ2) is 14.2. The molecule has 1 saturated carbocycles. The number of fused-ring (bicyclic) bond motifs is 1. The molecule has 7 heteroatoms. The van der Waals surface area contributed by atoms with Crippen LogP contribution < -0.4 is 10.1 Å². The van der Waals surface area contributed by atoms with Crippen LogP contribution >= 0.6 is 0 Å². The molecule has 0 unspecified atom stereocenters. The van der Waals surface area contributed by atoms with Crippen LogP contribution in [0.25, 0.3) is 11.1 Å². The molecule has 228 valence electrons. The molecule has 0 saturated heterocycles. The minimum Gasteiger partial charge on any atom is -0.486 e. The summed E-state index contributed by atoms with van der Waals surface area (Å²) in [5, 5.41) is 13.1. The third kappa shape index (κ3) is 7.46. The summed E-state index contributed by atoms with van der Waals surface area (Å²) in [5.41, 5.74) is 4.54. The van der Waals surface area contributed by atoms with Gasteiger partial charge in [0.05, 0.1) is 23.9 Å². The monoisotopic (exact) mass is 583 g/mol. The van der Waals surface area contributed by atoms with Crippen molar-refractivity contribution in [2.24, 2.45) is 11.8 Å². The fourth-order valence-corrected chi connectivity index (χ4v) is 6.28. The van der Waals surface area contributed by atoms with E-state index < -0.39 is 0 Å². The molecule has 0 spiro atoms. The van der Waals surface area contributed by atoms with Crippen LogP contribution in [0.1, 0.15) is 61.9 Å². The molecule has 2 amide bonds. The van der Waals surface area contributed by atoms with Crippen LogP contribution in [0.3, 0.4) is 0 Å². The lowest BCUT2D eigenvalue weighted by atomic mass is 9.88. The second-order valence-electron chi connectivity index (χ2n) is 12.4. The lowest BCUT2D eigenvalue weighted by molar-refractivity contribution is -0.120. The number of anilines is 1. The number of aliphatic hydroxyl groups excluding tert-OH is 1. The summed E-state index contributed by atoms with van der Waals surface area (Å²) in [6, 6.07) is 24.0. The highest BCUT2D eigenvalue weighted by Gasteiger charge is 2.35. The number of aliphatic hydroxyl groups is 1. The fraction of sp³-hybridized carbons (Fsp3) is 0.444. The van der Waals surface area contributed by atoms with Crippen LogP contribution in [-0.4, -0.2) is 65.6 Å². The Kier molecular flexibility index (Phi) is 10.2. The Balaban J connectivity index is 1.37. The van der Waals surface area contributed by atoms with E-state index in [2.05, 4.69) is 60.6 Å². The summed E-state index contributed by atoms with van der Waals surface area (Å²) in [6.45, 7) is 5.65. The number of benzene rings is 3. The lowest BCUT2D eigenvalue weighted by Crippen LogP contribution is -2.49. The van der Waals surface area contributed by atoms with Gasteiger partial charge in [-0.3, -0.25) is 14.5 Å². The minimum absolute atomic E-state index is 0.00698. The number of para-hydroxylation sites is 1. The van der Waals surface area contributed by atoms with Gasteiger partial charge >= 0.3 is 0 Å². The van der Waals surface area contributed by atoms with E-state index in [1.165, 1.54) is 23.1 Å². The zero-order chi connectivity index (χ0) is 30.3. The Bertz CT molecular complexity index is 1370. The van der Waals surface area contributed by atoms with Crippen LogP contribution in [0.5, 0.6) is 5.75 Å². The zero-order valence-electron chi connectivity index (χ0n) is 25.7. The first-order valence-corrected chi connectivity index (χ1v) is 15.7. The Morgan fingerprint density at radius 2 is 1.70 bits per heavy atom. The maximum Gasteiger partial charge on any atom is 0.258 e. The maximum absolute atomic E-state index is 13.8. The van der Waals surface area contributed by atoms with Gasteiger partial charge in [-0.1, -0.05) is 86.8 Å². The van der Waals surface area contributed by atoms with Crippen molar-refractivity contribution < 1.29 is 19.4 Å². The first kappa shape index (κ1) is 30.8. The molecule has 7 nitrogen and oxygen atoms in total. The molecule has 43 heavy (non-hydrogen) atoms. The Morgan fingerprint density at radius 1 is 1.00 bits per heavy atom. The van der Waals surface area contributed by atoms with Crippen molar-refractivity contribution in [1.82, 2.24) is 9.80 Å². The number of carbonyl (C=O) groups is 2. The van der Waals surface area contributed by atoms with Gasteiger partial charge in [0.1, 0.15) is 6.10 Å². The number of nitrogens with zero attached hydrogens (tertiary/aromatic N) is 2. The number of rotatable bonds is 9. The smallest absolute Gasteiger partial charge is 0.258 e. The van der Waals surface area contributed by atoms with E-state index in [9.17, 15) is 14.7 Å². The average molecular weight is 584 g/mol. The van der Waals surface area contributed by atoms with Crippen molar-refractivity contribution in [2.75, 3.05) is 32.1 Å². The molecule has 1 aliphatic carbocycles. The summed E-state index contributed by atoms with van der Waals surface area (Å²) in [4.78, 5) is 31.0. The molecular formula is C36H45N3O4. The quantitative estimate of drug-likeness (QED) is 0.312. The van der Waals surface area contributed by atoms with Gasteiger partial charge in [-0.25, -0.2) is 0 Å². The number of nitrogens with one attached hydrogen (secondary N) is 1. The number of carbonyl (C=O) groups excluding carboxylic acids is 2. The predicted octanol–water partition coefficient (Wildman–Crippen LogP) is 6.22. The van der Waals surface area contributed by atoms with E-state index >= 15 is 0 Å². The number of hydrogen-bond acceptors (Lipinski definition) is 5. The first-order chi connectivity index (χ1) is 20.8. The number of ether oxygens (including phenoxy) is 1. The molecule has 2 N–H and O–H groups in total. The standard InChI is InChI=1S/C36H45N3O4/c1-25-21-39(26(2)24-40)36(42)31-15-10-16-32(37-35(41)30-13-8-5-9-14-30)34(31)43-33(25)23-38(3)22-27-17-19-29(20-18-27)28-11-6-4-7-12-28/h4,6-7,10-12,15-20,25-26,30,33,40H,5,8-9,13-14,21-24H2,1-3H3,(H,37,41)/t25-,26+,33+/m0/s1. The highest BCUT2D eigenvalue weighted by molar-refractivity contribution is 6.02. The topological polar surface area (TPSA) is 82.1 Å². The third-order valence-corrected chi connectivity index (χ3v) is 8.93. The Hall–Kier alpha value is -3.68. The molecule has 0 bridgehead atoms. The summed E-state index contributed by atoms with van der Waals surface area (Å²) in [5.74, 6) is 0.184. The molecule has 2 aliphatic rings. The Labute approximate surface area is 255 Å². The highest BCUT2D eigenvalue weighted by atomic mass is 16.5. The van der Waals surface area contributed by atoms with E-state index in [1.54, 1.807) is 17.0 Å². The van der Waals surface area contributed by atoms with Crippen molar-refractivity contribution in [3.8, 4) is 16.9 Å². The molecule has 3 aromatic rings. The average Bonchev–Trinajstić information content (AvgIpc) is 3.03. The van der Waals surface area contributed by atoms with Crippen LogP contribution in [0.15, 0.2) is 72.8 Å². The van der Waals surface area contributed by atoms with Crippen LogP contribution in [0, 0.1) is 11.8 Å². The van der Waals surface area contributed by atoms with Gasteiger partial charge in [0.25, 0.3) is 5.91 Å². The summed E-state index contributed by atoms with van der Waals surface area (Å²) in [7, 11) is 2.08. The van der Waals surface area contributed by atoms with E-state index in [1.807, 2.05) is 31.2 Å². The minimum atomic E-state index is -0.345. The van der Waals surface area contributed by atoms with Crippen LogP contribution in [-0.2, 0) is 11.3 Å². The van der Waals surface area contributed by atoms with Crippen molar-refractivity contribution in [3.63, 3.8) is 0 Å². The third-order valence-electron chi connectivity index (χ3n) is 8.93. The lowest BCUT2D eigenvalue weighted by Gasteiger charge is -2.38. The van der Waals surface area contributed by atoms with Gasteiger partial charge in [0.15, 0.2) is 5.75 Å². The molecule has 0 radical (unpaired) electrons. The number of amides is 2. The number of likely N-dealkylation sites (N-methyl/N-ethyl adjacent to an activating group) is 1. The van der Waals surface area contributed by atoms with E-state index in [0.717, 1.165) is 32.2 Å². The van der Waals surface area contributed by atoms with Crippen LogP contribution in [0.2, 0.25) is 0 Å². The van der Waals surface area contributed by atoms with Crippen molar-refractivity contribution in [2.45, 2.75) is 64.6 Å². The fourth-order valence-electron chi connectivity index (χ4n) is 6.28. The molecule has 3 aromatic carbocycles. The predicted molar refractivity (Wildman–Crippen MR) is 171 cm³/mol. The number of hydrogen-bond donors (Lipinski definition) is 2.